The summed E-state index contributed by atoms with van der Waals surface area (Å²) < 4.78 is 26.8. The summed E-state index contributed by atoms with van der Waals surface area (Å²) in [4.78, 5) is 13.5. The monoisotopic (exact) mass is 300 g/mol. The molecule has 1 atom stereocenters. The molecule has 1 saturated heterocycles. The molecule has 0 spiro atoms. The Balaban J connectivity index is 2.07. The van der Waals surface area contributed by atoms with Gasteiger partial charge in [0.2, 0.25) is 5.91 Å². The number of carbonyl (C=O) groups excluding carboxylic acids is 1. The number of hydrogen-bond donors (Lipinski definition) is 1. The Labute approximate surface area is 121 Å². The van der Waals surface area contributed by atoms with Crippen LogP contribution in [0.4, 0.5) is 8.78 Å². The number of rotatable bonds is 6. The Kier molecular flexibility index (Phi) is 5.37. The van der Waals surface area contributed by atoms with Crippen molar-refractivity contribution < 1.29 is 13.6 Å². The third-order valence-electron chi connectivity index (χ3n) is 3.33. The minimum Gasteiger partial charge on any atom is -0.322 e. The number of halogens is 2. The number of thioether (sulfide) groups is 1. The summed E-state index contributed by atoms with van der Waals surface area (Å²) in [6, 6.07) is 3.47. The first-order valence-corrected chi connectivity index (χ1v) is 7.99. The normalized spacial score (nSPS) is 18.9. The SMILES string of the molecule is CSCCCCN1C(=O)CNC1c1ccc(F)cc1F. The van der Waals surface area contributed by atoms with E-state index < -0.39 is 17.8 Å². The molecule has 0 aliphatic carbocycles. The molecule has 1 aromatic rings. The zero-order valence-electron chi connectivity index (χ0n) is 11.4. The topological polar surface area (TPSA) is 32.3 Å². The minimum atomic E-state index is -0.619. The Hall–Kier alpha value is -1.14. The summed E-state index contributed by atoms with van der Waals surface area (Å²) >= 11 is 1.77. The van der Waals surface area contributed by atoms with Gasteiger partial charge < -0.3 is 4.90 Å². The van der Waals surface area contributed by atoms with Crippen LogP contribution in [0.15, 0.2) is 18.2 Å². The molecule has 1 unspecified atom stereocenters. The second-order valence-electron chi connectivity index (χ2n) is 4.74. The quantitative estimate of drug-likeness (QED) is 0.820. The molecule has 1 N–H and O–H groups in total. The molecule has 20 heavy (non-hydrogen) atoms. The number of carbonyl (C=O) groups is 1. The van der Waals surface area contributed by atoms with Crippen molar-refractivity contribution in [2.75, 3.05) is 25.1 Å². The van der Waals surface area contributed by atoms with E-state index in [0.29, 0.717) is 12.1 Å². The number of unbranched alkanes of at least 4 members (excludes halogenated alkanes) is 1. The van der Waals surface area contributed by atoms with Crippen molar-refractivity contribution in [3.05, 3.63) is 35.4 Å². The van der Waals surface area contributed by atoms with Gasteiger partial charge in [-0.1, -0.05) is 0 Å². The summed E-state index contributed by atoms with van der Waals surface area (Å²) in [5.41, 5.74) is 0.321. The molecule has 2 rings (SSSR count). The lowest BCUT2D eigenvalue weighted by Crippen LogP contribution is -2.32. The molecule has 1 aliphatic rings. The maximum absolute atomic E-state index is 13.8. The molecule has 1 fully saturated rings. The van der Waals surface area contributed by atoms with Crippen molar-refractivity contribution in [3.63, 3.8) is 0 Å². The second-order valence-corrected chi connectivity index (χ2v) is 5.72. The van der Waals surface area contributed by atoms with Gasteiger partial charge in [-0.2, -0.15) is 11.8 Å². The standard InChI is InChI=1S/C14H18F2N2OS/c1-20-7-3-2-6-18-13(19)9-17-14(18)11-5-4-10(15)8-12(11)16/h4-5,8,14,17H,2-3,6-7,9H2,1H3. The molecule has 110 valence electrons. The van der Waals surface area contributed by atoms with E-state index in [9.17, 15) is 13.6 Å². The van der Waals surface area contributed by atoms with Crippen LogP contribution in [0.1, 0.15) is 24.6 Å². The average molecular weight is 300 g/mol. The zero-order valence-corrected chi connectivity index (χ0v) is 12.2. The predicted octanol–water partition coefficient (Wildman–Crippen LogP) is 2.54. The lowest BCUT2D eigenvalue weighted by Gasteiger charge is -2.25. The highest BCUT2D eigenvalue weighted by Crippen LogP contribution is 2.25. The lowest BCUT2D eigenvalue weighted by molar-refractivity contribution is -0.128. The fraction of sp³-hybridized carbons (Fsp3) is 0.500. The van der Waals surface area contributed by atoms with Crippen LogP contribution >= 0.6 is 11.8 Å². The van der Waals surface area contributed by atoms with Crippen molar-refractivity contribution in [1.29, 1.82) is 0 Å². The molecule has 0 radical (unpaired) electrons. The van der Waals surface area contributed by atoms with Crippen LogP contribution in [0.2, 0.25) is 0 Å². The molecule has 6 heteroatoms. The molecule has 1 amide bonds. The third kappa shape index (κ3) is 3.49. The smallest absolute Gasteiger partial charge is 0.238 e. The van der Waals surface area contributed by atoms with Gasteiger partial charge in [-0.3, -0.25) is 10.1 Å². The number of benzene rings is 1. The maximum Gasteiger partial charge on any atom is 0.238 e. The Bertz CT molecular complexity index is 484. The van der Waals surface area contributed by atoms with E-state index >= 15 is 0 Å². The highest BCUT2D eigenvalue weighted by Gasteiger charge is 2.32. The van der Waals surface area contributed by atoms with Crippen LogP contribution in [0.25, 0.3) is 0 Å². The number of amides is 1. The highest BCUT2D eigenvalue weighted by molar-refractivity contribution is 7.98. The number of nitrogens with zero attached hydrogens (tertiary/aromatic N) is 1. The molecular formula is C14H18F2N2OS. The van der Waals surface area contributed by atoms with Gasteiger partial charge in [-0.25, -0.2) is 8.78 Å². The molecule has 1 aromatic carbocycles. The van der Waals surface area contributed by atoms with E-state index in [4.69, 9.17) is 0 Å². The molecule has 0 bridgehead atoms. The van der Waals surface area contributed by atoms with Crippen molar-refractivity contribution in [1.82, 2.24) is 10.2 Å². The predicted molar refractivity (Wildman–Crippen MR) is 76.4 cm³/mol. The van der Waals surface area contributed by atoms with E-state index in [1.54, 1.807) is 16.7 Å². The first-order valence-electron chi connectivity index (χ1n) is 6.60. The fourth-order valence-electron chi connectivity index (χ4n) is 2.32. The summed E-state index contributed by atoms with van der Waals surface area (Å²) in [5, 5.41) is 2.98. The summed E-state index contributed by atoms with van der Waals surface area (Å²) in [6.45, 7) is 0.790. The van der Waals surface area contributed by atoms with Gasteiger partial charge in [0.1, 0.15) is 17.8 Å². The Morgan fingerprint density at radius 3 is 2.90 bits per heavy atom. The minimum absolute atomic E-state index is 0.0390. The molecule has 3 nitrogen and oxygen atoms in total. The van der Waals surface area contributed by atoms with E-state index in [1.165, 1.54) is 12.1 Å². The fourth-order valence-corrected chi connectivity index (χ4v) is 2.82. The van der Waals surface area contributed by atoms with Crippen LogP contribution in [-0.2, 0) is 4.79 Å². The molecule has 0 aromatic heterocycles. The van der Waals surface area contributed by atoms with Crippen molar-refractivity contribution >= 4 is 17.7 Å². The van der Waals surface area contributed by atoms with E-state index in [1.807, 2.05) is 6.26 Å². The largest absolute Gasteiger partial charge is 0.322 e. The highest BCUT2D eigenvalue weighted by atomic mass is 32.2. The van der Waals surface area contributed by atoms with Crippen molar-refractivity contribution in [2.45, 2.75) is 19.0 Å². The molecule has 1 aliphatic heterocycles. The van der Waals surface area contributed by atoms with E-state index in [0.717, 1.165) is 24.7 Å². The van der Waals surface area contributed by atoms with Gasteiger partial charge in [0.05, 0.1) is 6.54 Å². The van der Waals surface area contributed by atoms with Gasteiger partial charge in [0.15, 0.2) is 0 Å². The Morgan fingerprint density at radius 1 is 1.40 bits per heavy atom. The zero-order chi connectivity index (χ0) is 14.5. The third-order valence-corrected chi connectivity index (χ3v) is 4.03. The number of nitrogens with one attached hydrogen (secondary N) is 1. The maximum atomic E-state index is 13.8. The first-order chi connectivity index (χ1) is 9.63. The van der Waals surface area contributed by atoms with Crippen LogP contribution in [0.3, 0.4) is 0 Å². The van der Waals surface area contributed by atoms with Crippen LogP contribution in [-0.4, -0.2) is 35.9 Å². The molecular weight excluding hydrogens is 282 g/mol. The first kappa shape index (κ1) is 15.3. The van der Waals surface area contributed by atoms with Gasteiger partial charge in [0.25, 0.3) is 0 Å². The van der Waals surface area contributed by atoms with Gasteiger partial charge in [0, 0.05) is 18.2 Å². The van der Waals surface area contributed by atoms with Crippen LogP contribution in [0, 0.1) is 11.6 Å². The van der Waals surface area contributed by atoms with Gasteiger partial charge in [-0.15, -0.1) is 0 Å². The number of hydrogen-bond acceptors (Lipinski definition) is 3. The summed E-state index contributed by atoms with van der Waals surface area (Å²) in [5.74, 6) is -0.221. The van der Waals surface area contributed by atoms with E-state index in [-0.39, 0.29) is 12.5 Å². The summed E-state index contributed by atoms with van der Waals surface area (Å²) in [6.07, 6.45) is 3.45. The summed E-state index contributed by atoms with van der Waals surface area (Å²) in [7, 11) is 0. The van der Waals surface area contributed by atoms with E-state index in [2.05, 4.69) is 5.32 Å². The molecule has 0 saturated carbocycles. The van der Waals surface area contributed by atoms with Crippen LogP contribution in [0.5, 0.6) is 0 Å². The average Bonchev–Trinajstić information content (AvgIpc) is 2.76. The van der Waals surface area contributed by atoms with Crippen LogP contribution < -0.4 is 5.32 Å². The second kappa shape index (κ2) is 7.04. The van der Waals surface area contributed by atoms with Gasteiger partial charge in [-0.05, 0) is 37.0 Å². The van der Waals surface area contributed by atoms with Gasteiger partial charge >= 0.3 is 0 Å². The van der Waals surface area contributed by atoms with Crippen molar-refractivity contribution in [2.24, 2.45) is 0 Å². The Morgan fingerprint density at radius 2 is 2.20 bits per heavy atom. The van der Waals surface area contributed by atoms with Crippen molar-refractivity contribution in [3.8, 4) is 0 Å². The lowest BCUT2D eigenvalue weighted by atomic mass is 10.1. The molecule has 1 heterocycles.